The molecule has 0 unspecified atom stereocenters. The number of rotatable bonds is 4. The van der Waals surface area contributed by atoms with Crippen LogP contribution in [0.15, 0.2) is 18.2 Å². The molecule has 1 aromatic rings. The fourth-order valence-corrected chi connectivity index (χ4v) is 1.14. The van der Waals surface area contributed by atoms with Crippen LogP contribution in [0.2, 0.25) is 0 Å². The predicted octanol–water partition coefficient (Wildman–Crippen LogP) is 0.438. The molecular weight excluding hydrogens is 232 g/mol. The third-order valence-electron chi connectivity index (χ3n) is 2.29. The molecule has 0 radical (unpaired) electrons. The van der Waals surface area contributed by atoms with Gasteiger partial charge in [0.2, 0.25) is 0 Å². The Bertz CT molecular complexity index is 419. The van der Waals surface area contributed by atoms with Crippen LogP contribution in [0.5, 0.6) is 0 Å². The van der Waals surface area contributed by atoms with Gasteiger partial charge in [0.1, 0.15) is 11.6 Å². The second-order valence-corrected chi connectivity index (χ2v) is 3.96. The number of amides is 1. The van der Waals surface area contributed by atoms with Gasteiger partial charge in [-0.15, -0.1) is 0 Å². The van der Waals surface area contributed by atoms with E-state index in [0.29, 0.717) is 0 Å². The SMILES string of the molecule is CC(CO)(CO)NC(=O)c1cc(F)ccc1F. The van der Waals surface area contributed by atoms with E-state index >= 15 is 0 Å². The van der Waals surface area contributed by atoms with Gasteiger partial charge in [0.25, 0.3) is 5.91 Å². The third kappa shape index (κ3) is 3.21. The van der Waals surface area contributed by atoms with Gasteiger partial charge in [-0.3, -0.25) is 4.79 Å². The highest BCUT2D eigenvalue weighted by Gasteiger charge is 2.26. The van der Waals surface area contributed by atoms with Gasteiger partial charge < -0.3 is 15.5 Å². The number of nitrogens with one attached hydrogen (secondary N) is 1. The highest BCUT2D eigenvalue weighted by molar-refractivity contribution is 5.95. The van der Waals surface area contributed by atoms with Crippen molar-refractivity contribution in [2.24, 2.45) is 0 Å². The van der Waals surface area contributed by atoms with E-state index in [2.05, 4.69) is 5.32 Å². The van der Waals surface area contributed by atoms with Gasteiger partial charge in [0, 0.05) is 0 Å². The minimum absolute atomic E-state index is 0.474. The standard InChI is InChI=1S/C11H13F2NO3/c1-11(5-15,6-16)14-10(17)8-4-7(12)2-3-9(8)13/h2-4,15-16H,5-6H2,1H3,(H,14,17). The molecule has 17 heavy (non-hydrogen) atoms. The minimum Gasteiger partial charge on any atom is -0.394 e. The monoisotopic (exact) mass is 245 g/mol. The number of aliphatic hydroxyl groups is 2. The fraction of sp³-hybridized carbons (Fsp3) is 0.364. The number of carbonyl (C=O) groups excluding carboxylic acids is 1. The topological polar surface area (TPSA) is 69.6 Å². The Morgan fingerprint density at radius 3 is 2.47 bits per heavy atom. The summed E-state index contributed by atoms with van der Waals surface area (Å²) in [6.07, 6.45) is 0. The molecule has 0 aromatic heterocycles. The number of aliphatic hydroxyl groups excluding tert-OH is 2. The Labute approximate surface area is 96.9 Å². The molecule has 1 aromatic carbocycles. The summed E-state index contributed by atoms with van der Waals surface area (Å²) in [5.41, 5.74) is -1.76. The third-order valence-corrected chi connectivity index (χ3v) is 2.29. The van der Waals surface area contributed by atoms with Crippen molar-refractivity contribution in [1.29, 1.82) is 0 Å². The van der Waals surface area contributed by atoms with Crippen molar-refractivity contribution >= 4 is 5.91 Å². The van der Waals surface area contributed by atoms with Gasteiger partial charge >= 0.3 is 0 Å². The highest BCUT2D eigenvalue weighted by Crippen LogP contribution is 2.11. The lowest BCUT2D eigenvalue weighted by Gasteiger charge is -2.26. The molecule has 0 heterocycles. The van der Waals surface area contributed by atoms with Gasteiger partial charge in [-0.2, -0.15) is 0 Å². The average molecular weight is 245 g/mol. The zero-order chi connectivity index (χ0) is 13.1. The molecule has 3 N–H and O–H groups in total. The van der Waals surface area contributed by atoms with Crippen LogP contribution in [0.25, 0.3) is 0 Å². The lowest BCUT2D eigenvalue weighted by atomic mass is 10.0. The first-order valence-electron chi connectivity index (χ1n) is 4.91. The van der Waals surface area contributed by atoms with Crippen molar-refractivity contribution in [3.63, 3.8) is 0 Å². The average Bonchev–Trinajstić information content (AvgIpc) is 2.32. The Kier molecular flexibility index (Phi) is 4.14. The number of benzene rings is 1. The number of hydrogen-bond acceptors (Lipinski definition) is 3. The van der Waals surface area contributed by atoms with Crippen LogP contribution < -0.4 is 5.32 Å². The fourth-order valence-electron chi connectivity index (χ4n) is 1.14. The molecule has 0 atom stereocenters. The smallest absolute Gasteiger partial charge is 0.254 e. The Morgan fingerprint density at radius 2 is 1.94 bits per heavy atom. The number of hydrogen-bond donors (Lipinski definition) is 3. The molecule has 1 amide bonds. The molecule has 6 heteroatoms. The van der Waals surface area contributed by atoms with E-state index in [4.69, 9.17) is 10.2 Å². The van der Waals surface area contributed by atoms with Crippen molar-refractivity contribution in [3.05, 3.63) is 35.4 Å². The van der Waals surface area contributed by atoms with E-state index in [-0.39, 0.29) is 0 Å². The first-order valence-corrected chi connectivity index (χ1v) is 4.91. The van der Waals surface area contributed by atoms with Crippen molar-refractivity contribution in [2.75, 3.05) is 13.2 Å². The van der Waals surface area contributed by atoms with E-state index in [1.165, 1.54) is 6.92 Å². The summed E-state index contributed by atoms with van der Waals surface area (Å²) in [7, 11) is 0. The molecule has 0 aliphatic heterocycles. The Balaban J connectivity index is 2.94. The summed E-state index contributed by atoms with van der Waals surface area (Å²) in [4.78, 5) is 11.6. The van der Waals surface area contributed by atoms with Crippen LogP contribution >= 0.6 is 0 Å². The zero-order valence-corrected chi connectivity index (χ0v) is 9.20. The molecule has 1 rings (SSSR count). The van der Waals surface area contributed by atoms with Crippen molar-refractivity contribution < 1.29 is 23.8 Å². The van der Waals surface area contributed by atoms with Crippen LogP contribution in [-0.4, -0.2) is 34.9 Å². The second-order valence-electron chi connectivity index (χ2n) is 3.96. The number of halogens is 2. The molecule has 0 spiro atoms. The normalized spacial score (nSPS) is 11.4. The molecule has 0 saturated carbocycles. The van der Waals surface area contributed by atoms with Crippen molar-refractivity contribution in [3.8, 4) is 0 Å². The zero-order valence-electron chi connectivity index (χ0n) is 9.20. The van der Waals surface area contributed by atoms with Crippen LogP contribution in [0.3, 0.4) is 0 Å². The van der Waals surface area contributed by atoms with Gasteiger partial charge in [0.05, 0.1) is 24.3 Å². The lowest BCUT2D eigenvalue weighted by Crippen LogP contribution is -2.51. The van der Waals surface area contributed by atoms with E-state index in [1.54, 1.807) is 0 Å². The maximum absolute atomic E-state index is 13.3. The van der Waals surface area contributed by atoms with Gasteiger partial charge in [0.15, 0.2) is 0 Å². The van der Waals surface area contributed by atoms with Crippen LogP contribution in [0.4, 0.5) is 8.78 Å². The summed E-state index contributed by atoms with van der Waals surface area (Å²) in [5.74, 6) is -2.51. The maximum atomic E-state index is 13.3. The van der Waals surface area contributed by atoms with E-state index < -0.39 is 41.9 Å². The summed E-state index contributed by atoms with van der Waals surface area (Å²) < 4.78 is 26.1. The first-order chi connectivity index (χ1) is 7.91. The molecular formula is C11H13F2NO3. The molecule has 94 valence electrons. The van der Waals surface area contributed by atoms with Gasteiger partial charge in [-0.1, -0.05) is 0 Å². The number of carbonyl (C=O) groups is 1. The van der Waals surface area contributed by atoms with Crippen molar-refractivity contribution in [1.82, 2.24) is 5.32 Å². The Hall–Kier alpha value is -1.53. The van der Waals surface area contributed by atoms with E-state index in [0.717, 1.165) is 18.2 Å². The molecule has 0 fully saturated rings. The van der Waals surface area contributed by atoms with E-state index in [9.17, 15) is 13.6 Å². The van der Waals surface area contributed by atoms with Gasteiger partial charge in [-0.25, -0.2) is 8.78 Å². The maximum Gasteiger partial charge on any atom is 0.254 e. The molecule has 0 bridgehead atoms. The highest BCUT2D eigenvalue weighted by atomic mass is 19.1. The summed E-state index contributed by atoms with van der Waals surface area (Å²) in [6.45, 7) is 0.334. The van der Waals surface area contributed by atoms with Crippen LogP contribution in [-0.2, 0) is 0 Å². The summed E-state index contributed by atoms with van der Waals surface area (Å²) >= 11 is 0. The first kappa shape index (κ1) is 13.5. The molecule has 0 aliphatic carbocycles. The molecule has 0 saturated heterocycles. The summed E-state index contributed by atoms with van der Waals surface area (Å²) in [5, 5.41) is 20.2. The van der Waals surface area contributed by atoms with E-state index in [1.807, 2.05) is 0 Å². The summed E-state index contributed by atoms with van der Waals surface area (Å²) in [6, 6.07) is 2.47. The van der Waals surface area contributed by atoms with Crippen LogP contribution in [0, 0.1) is 11.6 Å². The lowest BCUT2D eigenvalue weighted by molar-refractivity contribution is 0.0720. The van der Waals surface area contributed by atoms with Crippen molar-refractivity contribution in [2.45, 2.75) is 12.5 Å². The molecule has 0 aliphatic rings. The van der Waals surface area contributed by atoms with Crippen LogP contribution in [0.1, 0.15) is 17.3 Å². The molecule has 4 nitrogen and oxygen atoms in total. The minimum atomic E-state index is -1.28. The quantitative estimate of drug-likeness (QED) is 0.720. The second kappa shape index (κ2) is 5.20. The largest absolute Gasteiger partial charge is 0.394 e. The van der Waals surface area contributed by atoms with Gasteiger partial charge in [-0.05, 0) is 25.1 Å². The predicted molar refractivity (Wildman–Crippen MR) is 56.4 cm³/mol. The Morgan fingerprint density at radius 1 is 1.35 bits per heavy atom.